The SMILES string of the molecule is CCCn1cc(CNCC(C)(C)CC)cn1. The maximum absolute atomic E-state index is 4.32. The van der Waals surface area contributed by atoms with Crippen molar-refractivity contribution in [2.24, 2.45) is 5.41 Å². The van der Waals surface area contributed by atoms with Gasteiger partial charge in [-0.05, 0) is 18.3 Å². The van der Waals surface area contributed by atoms with E-state index < -0.39 is 0 Å². The minimum absolute atomic E-state index is 0.388. The molecular weight excluding hydrogens is 198 g/mol. The molecule has 3 heteroatoms. The van der Waals surface area contributed by atoms with Crippen LogP contribution in [-0.2, 0) is 13.1 Å². The van der Waals surface area contributed by atoms with Gasteiger partial charge in [0.2, 0.25) is 0 Å². The highest BCUT2D eigenvalue weighted by Crippen LogP contribution is 2.17. The Morgan fingerprint density at radius 3 is 2.75 bits per heavy atom. The molecule has 0 saturated heterocycles. The van der Waals surface area contributed by atoms with Gasteiger partial charge >= 0.3 is 0 Å². The number of hydrogen-bond donors (Lipinski definition) is 1. The van der Waals surface area contributed by atoms with Crippen molar-refractivity contribution in [2.75, 3.05) is 6.54 Å². The third-order valence-corrected chi connectivity index (χ3v) is 3.03. The van der Waals surface area contributed by atoms with Crippen LogP contribution in [0.2, 0.25) is 0 Å². The van der Waals surface area contributed by atoms with Crippen LogP contribution in [0.1, 0.15) is 46.1 Å². The molecule has 3 nitrogen and oxygen atoms in total. The fraction of sp³-hybridized carbons (Fsp3) is 0.769. The van der Waals surface area contributed by atoms with E-state index in [1.54, 1.807) is 0 Å². The molecule has 1 heterocycles. The summed E-state index contributed by atoms with van der Waals surface area (Å²) < 4.78 is 2.02. The minimum atomic E-state index is 0.388. The van der Waals surface area contributed by atoms with Crippen molar-refractivity contribution in [3.63, 3.8) is 0 Å². The van der Waals surface area contributed by atoms with Gasteiger partial charge in [0, 0.05) is 31.4 Å². The third-order valence-electron chi connectivity index (χ3n) is 3.03. The molecule has 0 aliphatic heterocycles. The Morgan fingerprint density at radius 2 is 2.12 bits per heavy atom. The van der Waals surface area contributed by atoms with Crippen LogP contribution in [0.25, 0.3) is 0 Å². The average molecular weight is 223 g/mol. The van der Waals surface area contributed by atoms with Crippen LogP contribution >= 0.6 is 0 Å². The molecule has 1 rings (SSSR count). The second kappa shape index (κ2) is 6.04. The zero-order valence-corrected chi connectivity index (χ0v) is 11.1. The van der Waals surface area contributed by atoms with Gasteiger partial charge in [-0.3, -0.25) is 4.68 Å². The molecule has 0 bridgehead atoms. The number of aryl methyl sites for hydroxylation is 1. The van der Waals surface area contributed by atoms with Crippen molar-refractivity contribution in [1.29, 1.82) is 0 Å². The van der Waals surface area contributed by atoms with E-state index in [1.165, 1.54) is 12.0 Å². The zero-order chi connectivity index (χ0) is 12.0. The molecule has 0 fully saturated rings. The Kier molecular flexibility index (Phi) is 5.00. The Hall–Kier alpha value is -0.830. The summed E-state index contributed by atoms with van der Waals surface area (Å²) in [7, 11) is 0. The molecule has 92 valence electrons. The van der Waals surface area contributed by atoms with Gasteiger partial charge in [0.1, 0.15) is 0 Å². The van der Waals surface area contributed by atoms with Gasteiger partial charge in [0.15, 0.2) is 0 Å². The monoisotopic (exact) mass is 223 g/mol. The predicted molar refractivity (Wildman–Crippen MR) is 68.3 cm³/mol. The van der Waals surface area contributed by atoms with Crippen LogP contribution < -0.4 is 5.32 Å². The van der Waals surface area contributed by atoms with E-state index in [2.05, 4.69) is 44.3 Å². The molecule has 16 heavy (non-hydrogen) atoms. The maximum Gasteiger partial charge on any atom is 0.0534 e. The van der Waals surface area contributed by atoms with E-state index in [0.29, 0.717) is 5.41 Å². The molecule has 0 amide bonds. The fourth-order valence-electron chi connectivity index (χ4n) is 1.52. The van der Waals surface area contributed by atoms with E-state index in [-0.39, 0.29) is 0 Å². The van der Waals surface area contributed by atoms with Gasteiger partial charge in [-0.15, -0.1) is 0 Å². The highest BCUT2D eigenvalue weighted by molar-refractivity contribution is 5.03. The number of hydrogen-bond acceptors (Lipinski definition) is 2. The molecule has 0 unspecified atom stereocenters. The summed E-state index contributed by atoms with van der Waals surface area (Å²) in [6, 6.07) is 0. The van der Waals surface area contributed by atoms with E-state index in [1.807, 2.05) is 10.9 Å². The summed E-state index contributed by atoms with van der Waals surface area (Å²) >= 11 is 0. The van der Waals surface area contributed by atoms with E-state index in [0.717, 1.165) is 26.1 Å². The predicted octanol–water partition coefficient (Wildman–Crippen LogP) is 2.82. The van der Waals surface area contributed by atoms with Crippen molar-refractivity contribution >= 4 is 0 Å². The van der Waals surface area contributed by atoms with E-state index >= 15 is 0 Å². The van der Waals surface area contributed by atoms with E-state index in [9.17, 15) is 0 Å². The van der Waals surface area contributed by atoms with Crippen LogP contribution in [0.4, 0.5) is 0 Å². The molecule has 1 aromatic heterocycles. The second-order valence-corrected chi connectivity index (χ2v) is 5.23. The van der Waals surface area contributed by atoms with Crippen LogP contribution in [-0.4, -0.2) is 16.3 Å². The summed E-state index contributed by atoms with van der Waals surface area (Å²) in [6.45, 7) is 12.0. The smallest absolute Gasteiger partial charge is 0.0534 e. The first-order valence-electron chi connectivity index (χ1n) is 6.29. The summed E-state index contributed by atoms with van der Waals surface area (Å²) in [6.07, 6.45) is 6.43. The van der Waals surface area contributed by atoms with Crippen LogP contribution in [0.3, 0.4) is 0 Å². The number of rotatable bonds is 7. The maximum atomic E-state index is 4.32. The van der Waals surface area contributed by atoms with Crippen molar-refractivity contribution < 1.29 is 0 Å². The normalized spacial score (nSPS) is 12.0. The Morgan fingerprint density at radius 1 is 1.38 bits per heavy atom. The van der Waals surface area contributed by atoms with Crippen molar-refractivity contribution in [1.82, 2.24) is 15.1 Å². The second-order valence-electron chi connectivity index (χ2n) is 5.23. The Balaban J connectivity index is 2.31. The topological polar surface area (TPSA) is 29.9 Å². The van der Waals surface area contributed by atoms with Crippen molar-refractivity contribution in [3.8, 4) is 0 Å². The lowest BCUT2D eigenvalue weighted by Gasteiger charge is -2.22. The molecule has 0 atom stereocenters. The quantitative estimate of drug-likeness (QED) is 0.770. The lowest BCUT2D eigenvalue weighted by Crippen LogP contribution is -2.28. The minimum Gasteiger partial charge on any atom is -0.312 e. The highest BCUT2D eigenvalue weighted by atomic mass is 15.3. The largest absolute Gasteiger partial charge is 0.312 e. The summed E-state index contributed by atoms with van der Waals surface area (Å²) in [4.78, 5) is 0. The Labute approximate surface area is 99.2 Å². The molecule has 1 N–H and O–H groups in total. The molecule has 0 saturated carbocycles. The average Bonchev–Trinajstić information content (AvgIpc) is 2.66. The first kappa shape index (κ1) is 13.2. The fourth-order valence-corrected chi connectivity index (χ4v) is 1.52. The van der Waals surface area contributed by atoms with Crippen LogP contribution in [0, 0.1) is 5.41 Å². The van der Waals surface area contributed by atoms with Crippen LogP contribution in [0.15, 0.2) is 12.4 Å². The zero-order valence-electron chi connectivity index (χ0n) is 11.1. The van der Waals surface area contributed by atoms with Gasteiger partial charge in [-0.2, -0.15) is 5.10 Å². The van der Waals surface area contributed by atoms with Crippen molar-refractivity contribution in [3.05, 3.63) is 18.0 Å². The first-order valence-corrected chi connectivity index (χ1v) is 6.29. The van der Waals surface area contributed by atoms with Gasteiger partial charge in [-0.1, -0.05) is 27.7 Å². The molecule has 0 aliphatic carbocycles. The Bertz CT molecular complexity index is 302. The molecule has 0 spiro atoms. The lowest BCUT2D eigenvalue weighted by molar-refractivity contribution is 0.327. The summed E-state index contributed by atoms with van der Waals surface area (Å²) in [5, 5.41) is 7.81. The standard InChI is InChI=1S/C13H25N3/c1-5-7-16-10-12(9-15-16)8-14-11-13(3,4)6-2/h9-10,14H,5-8,11H2,1-4H3. The molecular formula is C13H25N3. The summed E-state index contributed by atoms with van der Waals surface area (Å²) in [5.74, 6) is 0. The first-order chi connectivity index (χ1) is 7.57. The van der Waals surface area contributed by atoms with E-state index in [4.69, 9.17) is 0 Å². The van der Waals surface area contributed by atoms with Gasteiger partial charge < -0.3 is 5.32 Å². The third kappa shape index (κ3) is 4.35. The summed E-state index contributed by atoms with van der Waals surface area (Å²) in [5.41, 5.74) is 1.67. The number of nitrogens with zero attached hydrogens (tertiary/aromatic N) is 2. The lowest BCUT2D eigenvalue weighted by atomic mass is 9.90. The highest BCUT2D eigenvalue weighted by Gasteiger charge is 2.13. The van der Waals surface area contributed by atoms with Gasteiger partial charge in [0.05, 0.1) is 6.20 Å². The number of aromatic nitrogens is 2. The van der Waals surface area contributed by atoms with Gasteiger partial charge in [0.25, 0.3) is 0 Å². The number of nitrogens with one attached hydrogen (secondary N) is 1. The van der Waals surface area contributed by atoms with Gasteiger partial charge in [-0.25, -0.2) is 0 Å². The molecule has 0 aliphatic rings. The molecule has 1 aromatic rings. The van der Waals surface area contributed by atoms with Crippen LogP contribution in [0.5, 0.6) is 0 Å². The van der Waals surface area contributed by atoms with Crippen molar-refractivity contribution in [2.45, 2.75) is 53.6 Å². The molecule has 0 aromatic carbocycles. The molecule has 0 radical (unpaired) electrons.